The lowest BCUT2D eigenvalue weighted by atomic mass is 9.75. The molecule has 1 aromatic heterocycles. The molecule has 0 spiro atoms. The first kappa shape index (κ1) is 25.4. The van der Waals surface area contributed by atoms with Gasteiger partial charge in [-0.1, -0.05) is 55.0 Å². The van der Waals surface area contributed by atoms with Crippen molar-refractivity contribution in [3.8, 4) is 0 Å². The molecule has 1 N–H and O–H groups in total. The average molecular weight is 515 g/mol. The summed E-state index contributed by atoms with van der Waals surface area (Å²) in [4.78, 5) is 5.88. The second kappa shape index (κ2) is 9.41. The summed E-state index contributed by atoms with van der Waals surface area (Å²) in [6.07, 6.45) is 11.1. The Kier molecular flexibility index (Phi) is 6.14. The van der Waals surface area contributed by atoms with E-state index in [0.717, 1.165) is 19.4 Å². The highest BCUT2D eigenvalue weighted by molar-refractivity contribution is 6.03. The van der Waals surface area contributed by atoms with Crippen LogP contribution in [0.2, 0.25) is 0 Å². The van der Waals surface area contributed by atoms with Crippen molar-refractivity contribution >= 4 is 27.9 Å². The number of likely N-dealkylation sites (N-methyl/N-ethyl adjacent to an activating group) is 1. The first-order valence-electron chi connectivity index (χ1n) is 14.3. The van der Waals surface area contributed by atoms with E-state index >= 15 is 0 Å². The number of nitrogens with one attached hydrogen (secondary N) is 1. The van der Waals surface area contributed by atoms with Crippen molar-refractivity contribution in [2.45, 2.75) is 58.3 Å². The highest BCUT2D eigenvalue weighted by atomic mass is 15.2. The Morgan fingerprint density at radius 3 is 2.56 bits per heavy atom. The molecule has 0 saturated carbocycles. The monoisotopic (exact) mass is 514 g/mol. The molecule has 0 amide bonds. The van der Waals surface area contributed by atoms with Crippen LogP contribution in [-0.4, -0.2) is 28.9 Å². The Morgan fingerprint density at radius 1 is 0.974 bits per heavy atom. The number of fused-ring (bicyclic) bond motifs is 4. The summed E-state index contributed by atoms with van der Waals surface area (Å²) in [5.74, 6) is 0. The predicted molar refractivity (Wildman–Crippen MR) is 166 cm³/mol. The van der Waals surface area contributed by atoms with Gasteiger partial charge in [-0.25, -0.2) is 0 Å². The minimum absolute atomic E-state index is 0.0418. The Morgan fingerprint density at radius 2 is 1.79 bits per heavy atom. The van der Waals surface area contributed by atoms with Crippen LogP contribution in [0.1, 0.15) is 56.5 Å². The molecule has 1 unspecified atom stereocenters. The highest BCUT2D eigenvalue weighted by Gasteiger charge is 2.45. The first-order chi connectivity index (χ1) is 18.8. The van der Waals surface area contributed by atoms with Crippen molar-refractivity contribution in [1.82, 2.24) is 4.98 Å². The molecule has 0 fully saturated rings. The molecule has 3 aromatic carbocycles. The van der Waals surface area contributed by atoms with Crippen LogP contribution in [0.5, 0.6) is 0 Å². The van der Waals surface area contributed by atoms with Gasteiger partial charge in [0.25, 0.3) is 0 Å². The van der Waals surface area contributed by atoms with Crippen LogP contribution in [0.15, 0.2) is 96.9 Å². The fraction of sp³-hybridized carbons (Fsp3) is 0.306. The number of nitrogens with zero attached hydrogens (tertiary/aromatic N) is 2. The Balaban J connectivity index is 1.47. The van der Waals surface area contributed by atoms with Gasteiger partial charge in [0.2, 0.25) is 5.69 Å². The van der Waals surface area contributed by atoms with Crippen molar-refractivity contribution in [2.24, 2.45) is 0 Å². The molecule has 2 aliphatic rings. The zero-order chi connectivity index (χ0) is 27.4. The Bertz CT molecular complexity index is 1650. The fourth-order valence-electron chi connectivity index (χ4n) is 7.06. The highest BCUT2D eigenvalue weighted by Crippen LogP contribution is 2.51. The molecule has 0 bridgehead atoms. The van der Waals surface area contributed by atoms with Gasteiger partial charge >= 0.3 is 0 Å². The Hall–Kier alpha value is -3.85. The molecule has 0 radical (unpaired) electrons. The van der Waals surface area contributed by atoms with E-state index in [-0.39, 0.29) is 10.8 Å². The van der Waals surface area contributed by atoms with E-state index in [9.17, 15) is 0 Å². The lowest BCUT2D eigenvalue weighted by Crippen LogP contribution is -2.29. The number of aromatic nitrogens is 1. The van der Waals surface area contributed by atoms with Crippen LogP contribution in [0, 0.1) is 6.92 Å². The van der Waals surface area contributed by atoms with E-state index in [0.29, 0.717) is 0 Å². The molecule has 2 aliphatic heterocycles. The van der Waals surface area contributed by atoms with Crippen LogP contribution >= 0.6 is 0 Å². The van der Waals surface area contributed by atoms with E-state index in [1.54, 1.807) is 0 Å². The van der Waals surface area contributed by atoms with Gasteiger partial charge in [0, 0.05) is 66.3 Å². The standard InChI is InChI=1S/C36H40N3/c1-7-22-39-30-19-17-25(2)23-29(30)35(3,4)32(39)15-10-16-33-36(5,24-27-13-11-21-37-27)34-28-14-9-8-12-26(28)18-20-31(34)38(33)6/h8-21,23,37H,7,22,24H2,1-6H3/q+1. The number of rotatable bonds is 6. The molecular formula is C36H40N3+. The molecule has 6 rings (SSSR count). The number of hydrogen-bond acceptors (Lipinski definition) is 1. The lowest BCUT2D eigenvalue weighted by Gasteiger charge is -2.29. The second-order valence-corrected chi connectivity index (χ2v) is 12.0. The number of aromatic amines is 1. The lowest BCUT2D eigenvalue weighted by molar-refractivity contribution is -0.437. The molecule has 4 aromatic rings. The summed E-state index contributed by atoms with van der Waals surface area (Å²) in [6.45, 7) is 12.6. The van der Waals surface area contributed by atoms with Crippen molar-refractivity contribution in [3.05, 3.63) is 119 Å². The molecule has 0 aliphatic carbocycles. The van der Waals surface area contributed by atoms with Crippen LogP contribution in [0.25, 0.3) is 10.8 Å². The maximum absolute atomic E-state index is 3.48. The summed E-state index contributed by atoms with van der Waals surface area (Å²) < 4.78 is 2.53. The number of benzene rings is 3. The van der Waals surface area contributed by atoms with Crippen molar-refractivity contribution in [3.63, 3.8) is 0 Å². The zero-order valence-corrected chi connectivity index (χ0v) is 24.2. The minimum Gasteiger partial charge on any atom is -0.365 e. The number of hydrogen-bond donors (Lipinski definition) is 1. The number of allylic oxidation sites excluding steroid dienone is 4. The third-order valence-electron chi connectivity index (χ3n) is 8.96. The molecule has 198 valence electrons. The van der Waals surface area contributed by atoms with Crippen LogP contribution < -0.4 is 4.90 Å². The molecule has 3 heterocycles. The molecule has 0 saturated heterocycles. The van der Waals surface area contributed by atoms with E-state index in [1.807, 2.05) is 6.20 Å². The summed E-state index contributed by atoms with van der Waals surface area (Å²) in [7, 11) is 2.22. The fourth-order valence-corrected chi connectivity index (χ4v) is 7.06. The molecule has 1 atom stereocenters. The molecule has 39 heavy (non-hydrogen) atoms. The average Bonchev–Trinajstić information content (AvgIpc) is 3.55. The maximum atomic E-state index is 3.48. The van der Waals surface area contributed by atoms with Crippen molar-refractivity contribution in [2.75, 3.05) is 18.5 Å². The van der Waals surface area contributed by atoms with Crippen LogP contribution in [0.3, 0.4) is 0 Å². The smallest absolute Gasteiger partial charge is 0.209 e. The van der Waals surface area contributed by atoms with E-state index in [4.69, 9.17) is 0 Å². The predicted octanol–water partition coefficient (Wildman–Crippen LogP) is 8.35. The molecular weight excluding hydrogens is 474 g/mol. The van der Waals surface area contributed by atoms with Crippen molar-refractivity contribution < 1.29 is 4.58 Å². The summed E-state index contributed by atoms with van der Waals surface area (Å²) in [6, 6.07) is 24.6. The largest absolute Gasteiger partial charge is 0.365 e. The zero-order valence-electron chi connectivity index (χ0n) is 24.2. The summed E-state index contributed by atoms with van der Waals surface area (Å²) >= 11 is 0. The molecule has 3 heteroatoms. The van der Waals surface area contributed by atoms with E-state index in [1.165, 1.54) is 55.9 Å². The summed E-state index contributed by atoms with van der Waals surface area (Å²) in [5.41, 5.74) is 10.6. The molecule has 3 nitrogen and oxygen atoms in total. The third-order valence-corrected chi connectivity index (χ3v) is 8.96. The van der Waals surface area contributed by atoms with Crippen LogP contribution in [-0.2, 0) is 17.3 Å². The maximum Gasteiger partial charge on any atom is 0.209 e. The summed E-state index contributed by atoms with van der Waals surface area (Å²) in [5, 5.41) is 2.64. The quantitative estimate of drug-likeness (QED) is 0.257. The van der Waals surface area contributed by atoms with Gasteiger partial charge in [-0.2, -0.15) is 4.58 Å². The van der Waals surface area contributed by atoms with E-state index < -0.39 is 0 Å². The van der Waals surface area contributed by atoms with Gasteiger partial charge in [-0.3, -0.25) is 0 Å². The Labute approximate surface area is 233 Å². The van der Waals surface area contributed by atoms with Gasteiger partial charge in [0.05, 0.1) is 5.41 Å². The number of H-pyrrole nitrogens is 1. The van der Waals surface area contributed by atoms with Gasteiger partial charge < -0.3 is 9.88 Å². The van der Waals surface area contributed by atoms with Gasteiger partial charge in [0.15, 0.2) is 5.71 Å². The van der Waals surface area contributed by atoms with Gasteiger partial charge in [0.1, 0.15) is 6.54 Å². The van der Waals surface area contributed by atoms with Gasteiger partial charge in [-0.15, -0.1) is 0 Å². The number of anilines is 1. The normalized spacial score (nSPS) is 21.0. The first-order valence-corrected chi connectivity index (χ1v) is 14.3. The topological polar surface area (TPSA) is 22.0 Å². The van der Waals surface area contributed by atoms with Crippen LogP contribution in [0.4, 0.5) is 11.4 Å². The minimum atomic E-state index is -0.167. The van der Waals surface area contributed by atoms with Gasteiger partial charge in [-0.05, 0) is 74.4 Å². The third kappa shape index (κ3) is 3.98. The SMILES string of the molecule is CCC[N+]1=C(C=CC=C2N(C)c3ccc4ccccc4c3C2(C)Cc2ccc[nH]2)C(C)(C)c2cc(C)ccc21. The second-order valence-electron chi connectivity index (χ2n) is 12.0. The van der Waals surface area contributed by atoms with Crippen molar-refractivity contribution in [1.29, 1.82) is 0 Å². The van der Waals surface area contributed by atoms with E-state index in [2.05, 4.69) is 141 Å². The number of aryl methyl sites for hydroxylation is 1.